The lowest BCUT2D eigenvalue weighted by molar-refractivity contribution is -0.154. The molecule has 68 heavy (non-hydrogen) atoms. The van der Waals surface area contributed by atoms with Crippen LogP contribution < -0.4 is 16.5 Å². The van der Waals surface area contributed by atoms with Gasteiger partial charge in [0.2, 0.25) is 0 Å². The van der Waals surface area contributed by atoms with Crippen molar-refractivity contribution in [2.45, 2.75) is 30.0 Å². The second-order valence-corrected chi connectivity index (χ2v) is 18.0. The molecule has 0 bridgehead atoms. The molecular formula is C50H46IN7O7S3. The number of anilines is 1. The van der Waals surface area contributed by atoms with Crippen LogP contribution >= 0.6 is 58.8 Å². The van der Waals surface area contributed by atoms with Crippen molar-refractivity contribution in [1.82, 2.24) is 15.2 Å². The summed E-state index contributed by atoms with van der Waals surface area (Å²) in [7, 11) is 0. The molecule has 2 aliphatic rings. The van der Waals surface area contributed by atoms with Crippen LogP contribution in [0.5, 0.6) is 0 Å². The molecule has 6 aromatic rings. The molecule has 14 nitrogen and oxygen atoms in total. The average molecular weight is 1080 g/mol. The number of ether oxygens (including phenoxy) is 2. The number of nitrogens with one attached hydrogen (secondary N) is 2. The minimum atomic E-state index is -1.07. The Balaban J connectivity index is 0.00000684. The molecule has 1 fully saturated rings. The summed E-state index contributed by atoms with van der Waals surface area (Å²) >= 11 is 3.89. The molecule has 0 aliphatic carbocycles. The molecular weight excluding hydrogens is 1030 g/mol. The summed E-state index contributed by atoms with van der Waals surface area (Å²) in [6.07, 6.45) is -0.812. The molecule has 0 saturated carbocycles. The molecule has 1 aromatic heterocycles. The van der Waals surface area contributed by atoms with Gasteiger partial charge in [0.15, 0.2) is 16.9 Å². The minimum absolute atomic E-state index is 0. The standard InChI is InChI=1S/C50H45N7O7S3.HI/c1-33(58)62-29-36-30-66-47-42(46(60)57(47)43(36)48(61)64-44(34-17-7-2-8-18-34)35-19-9-3-10-20-35)54-45(59)41(56-63-27-28-65-32-52-51)40-31-67-49(53-40)55-50(37-21-11-4-12-22-37,38-23-13-5-14-24-38)39-25-15-6-16-26-39;/h2-26,31-32,42,44,47H,27-30,51H2,1H3,(H,53,55)(H,54,59);1H/t42?,47-;/m1./s1. The number of esters is 2. The molecule has 4 N–H and O–H groups in total. The number of rotatable bonds is 19. The molecule has 2 atom stereocenters. The summed E-state index contributed by atoms with van der Waals surface area (Å²) in [5, 5.41) is 15.8. The number of halogens is 1. The van der Waals surface area contributed by atoms with Crippen molar-refractivity contribution < 1.29 is 33.5 Å². The van der Waals surface area contributed by atoms with Crippen molar-refractivity contribution in [3.63, 3.8) is 0 Å². The molecule has 1 saturated heterocycles. The molecule has 348 valence electrons. The van der Waals surface area contributed by atoms with Crippen LogP contribution in [0.4, 0.5) is 5.13 Å². The van der Waals surface area contributed by atoms with Crippen molar-refractivity contribution in [2.24, 2.45) is 16.1 Å². The number of amides is 2. The van der Waals surface area contributed by atoms with E-state index >= 15 is 0 Å². The van der Waals surface area contributed by atoms with Gasteiger partial charge in [0.25, 0.3) is 11.8 Å². The van der Waals surface area contributed by atoms with Crippen molar-refractivity contribution in [2.75, 3.05) is 30.0 Å². The smallest absolute Gasteiger partial charge is 0.356 e. The Morgan fingerprint density at radius 3 is 1.94 bits per heavy atom. The maximum absolute atomic E-state index is 14.4. The number of benzene rings is 5. The zero-order chi connectivity index (χ0) is 46.6. The fourth-order valence-corrected chi connectivity index (χ4v) is 10.2. The molecule has 2 aliphatic heterocycles. The first kappa shape index (κ1) is 49.4. The van der Waals surface area contributed by atoms with Gasteiger partial charge in [-0.25, -0.2) is 9.78 Å². The maximum Gasteiger partial charge on any atom is 0.356 e. The third kappa shape index (κ3) is 11.1. The number of β-lactam (4-membered cyclic amide) rings is 1. The molecule has 8 rings (SSSR count). The Morgan fingerprint density at radius 2 is 1.41 bits per heavy atom. The Bertz CT molecular complexity index is 2630. The van der Waals surface area contributed by atoms with Crippen LogP contribution in [0.1, 0.15) is 46.5 Å². The van der Waals surface area contributed by atoms with Crippen molar-refractivity contribution in [3.8, 4) is 0 Å². The summed E-state index contributed by atoms with van der Waals surface area (Å²) in [6.45, 7) is 1.14. The van der Waals surface area contributed by atoms with Crippen LogP contribution in [0.3, 0.4) is 0 Å². The van der Waals surface area contributed by atoms with Crippen molar-refractivity contribution in [1.29, 1.82) is 0 Å². The summed E-state index contributed by atoms with van der Waals surface area (Å²) in [4.78, 5) is 66.9. The Kier molecular flexibility index (Phi) is 17.1. The summed E-state index contributed by atoms with van der Waals surface area (Å²) in [6, 6.07) is 47.5. The summed E-state index contributed by atoms with van der Waals surface area (Å²) < 4.78 is 11.6. The topological polar surface area (TPSA) is 187 Å². The first-order valence-electron chi connectivity index (χ1n) is 21.1. The number of carbonyl (C=O) groups is 4. The number of carbonyl (C=O) groups excluding carboxylic acids is 4. The lowest BCUT2D eigenvalue weighted by atomic mass is 9.77. The molecule has 3 heterocycles. The highest BCUT2D eigenvalue weighted by Gasteiger charge is 2.55. The fraction of sp³-hybridized carbons (Fsp3) is 0.180. The SMILES string of the molecule is CC(=O)OCC1=C(C(=O)OC(c2ccccc2)c2ccccc2)N2C(=O)C(NC(=O)C(=NOCCSC=NN)c3csc(NC(c4ccccc4)(c4ccccc4)c4ccccc4)n3)[C@H]2SC1.I. The first-order valence-corrected chi connectivity index (χ1v) is 24.1. The quantitative estimate of drug-likeness (QED) is 0.00817. The monoisotopic (exact) mass is 1080 g/mol. The minimum Gasteiger partial charge on any atom is -0.461 e. The van der Waals surface area contributed by atoms with Gasteiger partial charge in [0.1, 0.15) is 41.6 Å². The third-order valence-electron chi connectivity index (χ3n) is 10.9. The van der Waals surface area contributed by atoms with E-state index in [1.54, 1.807) is 5.38 Å². The van der Waals surface area contributed by atoms with Gasteiger partial charge >= 0.3 is 11.9 Å². The molecule has 5 aromatic carbocycles. The number of nitrogens with two attached hydrogens (primary N) is 1. The van der Waals surface area contributed by atoms with Crippen molar-refractivity contribution in [3.05, 3.63) is 202 Å². The van der Waals surface area contributed by atoms with E-state index in [2.05, 4.69) is 57.3 Å². The number of hydrazone groups is 1. The highest BCUT2D eigenvalue weighted by Crippen LogP contribution is 2.43. The predicted octanol–water partition coefficient (Wildman–Crippen LogP) is 8.07. The summed E-state index contributed by atoms with van der Waals surface area (Å²) in [5.41, 5.74) is 5.26. The van der Waals surface area contributed by atoms with Gasteiger partial charge < -0.3 is 30.8 Å². The number of thiazole rings is 1. The molecule has 0 spiro atoms. The lowest BCUT2D eigenvalue weighted by Crippen LogP contribution is -2.71. The molecule has 18 heteroatoms. The lowest BCUT2D eigenvalue weighted by Gasteiger charge is -2.49. The number of fused-ring (bicyclic) bond motifs is 1. The van der Waals surface area contributed by atoms with Gasteiger partial charge in [-0.2, -0.15) is 5.10 Å². The highest BCUT2D eigenvalue weighted by molar-refractivity contribution is 14.0. The number of hydrogen-bond donors (Lipinski definition) is 3. The number of oxime groups is 1. The van der Waals surface area contributed by atoms with E-state index < -0.39 is 46.8 Å². The molecule has 0 radical (unpaired) electrons. The van der Waals surface area contributed by atoms with Gasteiger partial charge in [-0.3, -0.25) is 19.3 Å². The number of hydrogen-bond acceptors (Lipinski definition) is 15. The Morgan fingerprint density at radius 1 is 0.868 bits per heavy atom. The number of thioether (sulfide) groups is 2. The third-order valence-corrected chi connectivity index (χ3v) is 13.6. The van der Waals surface area contributed by atoms with Crippen LogP contribution in [0.15, 0.2) is 179 Å². The van der Waals surface area contributed by atoms with E-state index in [0.29, 0.717) is 16.5 Å². The van der Waals surface area contributed by atoms with E-state index in [1.807, 2.05) is 115 Å². The van der Waals surface area contributed by atoms with Gasteiger partial charge in [0, 0.05) is 29.4 Å². The van der Waals surface area contributed by atoms with Gasteiger partial charge in [-0.1, -0.05) is 157 Å². The van der Waals surface area contributed by atoms with Gasteiger partial charge in [-0.05, 0) is 27.8 Å². The van der Waals surface area contributed by atoms with E-state index in [4.69, 9.17) is 25.1 Å². The zero-order valence-electron chi connectivity index (χ0n) is 36.5. The zero-order valence-corrected chi connectivity index (χ0v) is 41.3. The molecule has 2 amide bonds. The van der Waals surface area contributed by atoms with E-state index in [1.165, 1.54) is 52.2 Å². The normalized spacial score (nSPS) is 15.8. The summed E-state index contributed by atoms with van der Waals surface area (Å²) in [5.74, 6) is 3.27. The van der Waals surface area contributed by atoms with Crippen LogP contribution in [0.2, 0.25) is 0 Å². The van der Waals surface area contributed by atoms with Crippen LogP contribution in [0, 0.1) is 0 Å². The second kappa shape index (κ2) is 23.5. The van der Waals surface area contributed by atoms with Crippen LogP contribution in [-0.2, 0) is 39.0 Å². The number of aromatic nitrogens is 1. The largest absolute Gasteiger partial charge is 0.461 e. The van der Waals surface area contributed by atoms with Crippen LogP contribution in [-0.4, -0.2) is 81.0 Å². The maximum atomic E-state index is 14.4. The Hall–Kier alpha value is -6.48. The van der Waals surface area contributed by atoms with E-state index in [0.717, 1.165) is 27.8 Å². The van der Waals surface area contributed by atoms with E-state index in [-0.39, 0.29) is 60.0 Å². The number of nitrogens with zero attached hydrogens (tertiary/aromatic N) is 4. The molecule has 1 unspecified atom stereocenters. The van der Waals surface area contributed by atoms with Gasteiger partial charge in [-0.15, -0.1) is 58.8 Å². The van der Waals surface area contributed by atoms with Gasteiger partial charge in [0.05, 0.1) is 5.55 Å². The highest BCUT2D eigenvalue weighted by atomic mass is 127. The van der Waals surface area contributed by atoms with Crippen molar-refractivity contribution >= 4 is 99.0 Å². The Labute approximate surface area is 422 Å². The second-order valence-electron chi connectivity index (χ2n) is 15.1. The van der Waals surface area contributed by atoms with E-state index in [9.17, 15) is 19.2 Å². The average Bonchev–Trinajstić information content (AvgIpc) is 3.84. The predicted molar refractivity (Wildman–Crippen MR) is 277 cm³/mol. The van der Waals surface area contributed by atoms with Crippen LogP contribution in [0.25, 0.3) is 0 Å². The first-order chi connectivity index (χ1) is 32.8. The fourth-order valence-electron chi connectivity index (χ4n) is 7.81.